The summed E-state index contributed by atoms with van der Waals surface area (Å²) < 4.78 is 6.23. The Morgan fingerprint density at radius 1 is 1.15 bits per heavy atom. The highest BCUT2D eigenvalue weighted by Crippen LogP contribution is 2.67. The third-order valence-electron chi connectivity index (χ3n) is 11.9. The van der Waals surface area contributed by atoms with Crippen LogP contribution in [0.4, 0.5) is 0 Å². The van der Waals surface area contributed by atoms with E-state index in [4.69, 9.17) is 21.6 Å². The second kappa shape index (κ2) is 12.7. The standard InChI is InChI=1S/C33H58N4O3/c1-20(2)8-6-9-21(3)25-13-14-26-24-12-11-22-18-23(38)19-29(33(22,5)27(24)15-16-32(25,26)4)40-30(39)28(34)10-7-17-37-31(35)36/h11,20-21,23-29,38H,6-10,12-19,34H2,1-5H3,(H4,35,36,37)/t21-,23-,24+,25-,26+,27+,28+,29?,32-,33+/m1/s1. The van der Waals surface area contributed by atoms with Crippen LogP contribution in [0.1, 0.15) is 112 Å². The Kier molecular flexibility index (Phi) is 9.97. The molecule has 40 heavy (non-hydrogen) atoms. The van der Waals surface area contributed by atoms with E-state index in [2.05, 4.69) is 46.0 Å². The molecule has 3 saturated carbocycles. The number of aliphatic hydroxyl groups is 1. The summed E-state index contributed by atoms with van der Waals surface area (Å²) in [6.45, 7) is 12.6. The Labute approximate surface area is 243 Å². The molecule has 1 unspecified atom stereocenters. The molecule has 10 atom stereocenters. The van der Waals surface area contributed by atoms with Crippen LogP contribution in [-0.2, 0) is 9.53 Å². The molecule has 0 aromatic heterocycles. The summed E-state index contributed by atoms with van der Waals surface area (Å²) in [5.41, 5.74) is 13.1. The van der Waals surface area contributed by atoms with E-state index >= 15 is 0 Å². The van der Waals surface area contributed by atoms with Crippen molar-refractivity contribution in [2.24, 2.45) is 57.8 Å². The van der Waals surface area contributed by atoms with Crippen molar-refractivity contribution in [3.8, 4) is 0 Å². The smallest absolute Gasteiger partial charge is 0.323 e. The first kappa shape index (κ1) is 31.3. The van der Waals surface area contributed by atoms with E-state index in [0.717, 1.165) is 30.1 Å². The second-order valence-corrected chi connectivity index (χ2v) is 14.8. The molecule has 4 aliphatic rings. The van der Waals surface area contributed by atoms with Gasteiger partial charge < -0.3 is 26.6 Å². The molecule has 7 N–H and O–H groups in total. The zero-order chi connectivity index (χ0) is 29.2. The lowest BCUT2D eigenvalue weighted by Gasteiger charge is -2.60. The largest absolute Gasteiger partial charge is 0.460 e. The van der Waals surface area contributed by atoms with Crippen LogP contribution in [-0.4, -0.2) is 41.8 Å². The van der Waals surface area contributed by atoms with Gasteiger partial charge in [-0.3, -0.25) is 10.2 Å². The maximum atomic E-state index is 13.2. The van der Waals surface area contributed by atoms with Crippen molar-refractivity contribution in [2.75, 3.05) is 6.54 Å². The van der Waals surface area contributed by atoms with Gasteiger partial charge in [0.15, 0.2) is 5.96 Å². The van der Waals surface area contributed by atoms with E-state index in [-0.39, 0.29) is 23.4 Å². The molecule has 3 fully saturated rings. The average Bonchev–Trinajstić information content (AvgIpc) is 3.24. The van der Waals surface area contributed by atoms with Gasteiger partial charge in [0.05, 0.1) is 6.10 Å². The fraction of sp³-hybridized carbons (Fsp3) is 0.879. The predicted octanol–water partition coefficient (Wildman–Crippen LogP) is 5.50. The van der Waals surface area contributed by atoms with Crippen molar-refractivity contribution in [3.05, 3.63) is 11.6 Å². The number of hydrogen-bond acceptors (Lipinski definition) is 5. The van der Waals surface area contributed by atoms with Gasteiger partial charge in [-0.05, 0) is 92.3 Å². The van der Waals surface area contributed by atoms with Crippen molar-refractivity contribution in [3.63, 3.8) is 0 Å². The molecule has 0 bridgehead atoms. The van der Waals surface area contributed by atoms with E-state index in [1.54, 1.807) is 0 Å². The summed E-state index contributed by atoms with van der Waals surface area (Å²) in [5.74, 6) is 3.73. The summed E-state index contributed by atoms with van der Waals surface area (Å²) in [6, 6.07) is -0.717. The molecule has 0 spiro atoms. The predicted molar refractivity (Wildman–Crippen MR) is 161 cm³/mol. The fourth-order valence-corrected chi connectivity index (χ4v) is 9.76. The van der Waals surface area contributed by atoms with Crippen LogP contribution in [0.25, 0.3) is 0 Å². The summed E-state index contributed by atoms with van der Waals surface area (Å²) in [4.78, 5) is 13.2. The van der Waals surface area contributed by atoms with Gasteiger partial charge in [0.2, 0.25) is 0 Å². The highest BCUT2D eigenvalue weighted by atomic mass is 16.5. The van der Waals surface area contributed by atoms with E-state index in [1.165, 1.54) is 50.5 Å². The number of guanidine groups is 1. The van der Waals surface area contributed by atoms with Crippen LogP contribution in [0.3, 0.4) is 0 Å². The number of carbonyl (C=O) groups is 1. The Balaban J connectivity index is 1.47. The molecule has 0 heterocycles. The zero-order valence-corrected chi connectivity index (χ0v) is 25.9. The fourth-order valence-electron chi connectivity index (χ4n) is 9.76. The molecule has 4 rings (SSSR count). The van der Waals surface area contributed by atoms with Gasteiger partial charge in [-0.25, -0.2) is 0 Å². The van der Waals surface area contributed by atoms with Gasteiger partial charge in [0.25, 0.3) is 0 Å². The Bertz CT molecular complexity index is 937. The maximum Gasteiger partial charge on any atom is 0.323 e. The summed E-state index contributed by atoms with van der Waals surface area (Å²) in [7, 11) is 0. The minimum atomic E-state index is -0.717. The number of allylic oxidation sites excluding steroid dienone is 1. The van der Waals surface area contributed by atoms with Gasteiger partial charge in [-0.15, -0.1) is 0 Å². The highest BCUT2D eigenvalue weighted by Gasteiger charge is 2.61. The topological polar surface area (TPSA) is 134 Å². The normalized spacial score (nSPS) is 38.5. The minimum Gasteiger partial charge on any atom is -0.460 e. The second-order valence-electron chi connectivity index (χ2n) is 14.8. The van der Waals surface area contributed by atoms with Crippen molar-refractivity contribution < 1.29 is 14.6 Å². The molecule has 7 heteroatoms. The molecular formula is C33H58N4O3. The van der Waals surface area contributed by atoms with Crippen LogP contribution in [0.5, 0.6) is 0 Å². The first-order valence-electron chi connectivity index (χ1n) is 16.3. The first-order chi connectivity index (χ1) is 18.9. The van der Waals surface area contributed by atoms with Gasteiger partial charge >= 0.3 is 5.97 Å². The molecule has 0 aromatic rings. The van der Waals surface area contributed by atoms with Crippen LogP contribution in [0.2, 0.25) is 0 Å². The molecule has 228 valence electrons. The van der Waals surface area contributed by atoms with Crippen LogP contribution in [0, 0.1) is 51.7 Å². The molecule has 0 aromatic carbocycles. The molecule has 4 aliphatic carbocycles. The van der Waals surface area contributed by atoms with Crippen LogP contribution in [0.15, 0.2) is 11.6 Å². The third-order valence-corrected chi connectivity index (χ3v) is 11.9. The number of nitrogens with two attached hydrogens (primary N) is 2. The number of aliphatic hydroxyl groups excluding tert-OH is 1. The lowest BCUT2D eigenvalue weighted by Crippen LogP contribution is -2.57. The van der Waals surface area contributed by atoms with E-state index in [0.29, 0.717) is 49.5 Å². The van der Waals surface area contributed by atoms with Crippen molar-refractivity contribution in [2.45, 2.75) is 130 Å². The number of fused-ring (bicyclic) bond motifs is 5. The number of carbonyl (C=O) groups excluding carboxylic acids is 1. The van der Waals surface area contributed by atoms with Crippen molar-refractivity contribution in [1.82, 2.24) is 5.32 Å². The van der Waals surface area contributed by atoms with Crippen LogP contribution >= 0.6 is 0 Å². The molecule has 0 saturated heterocycles. The van der Waals surface area contributed by atoms with Gasteiger partial charge in [0.1, 0.15) is 12.1 Å². The number of ether oxygens (including phenoxy) is 1. The van der Waals surface area contributed by atoms with Crippen molar-refractivity contribution >= 4 is 11.9 Å². The molecule has 0 radical (unpaired) electrons. The third kappa shape index (κ3) is 6.25. The maximum absolute atomic E-state index is 13.2. The number of hydrogen-bond donors (Lipinski definition) is 5. The number of rotatable bonds is 11. The van der Waals surface area contributed by atoms with E-state index in [9.17, 15) is 9.90 Å². The lowest BCUT2D eigenvalue weighted by atomic mass is 9.46. The Morgan fingerprint density at radius 3 is 2.60 bits per heavy atom. The van der Waals surface area contributed by atoms with Gasteiger partial charge in [-0.2, -0.15) is 0 Å². The molecule has 0 aliphatic heterocycles. The quantitative estimate of drug-likeness (QED) is 0.0747. The van der Waals surface area contributed by atoms with Crippen LogP contribution < -0.4 is 16.8 Å². The average molecular weight is 559 g/mol. The monoisotopic (exact) mass is 558 g/mol. The summed E-state index contributed by atoms with van der Waals surface area (Å²) in [6.07, 6.45) is 14.1. The molecule has 0 amide bonds. The number of esters is 1. The van der Waals surface area contributed by atoms with Gasteiger partial charge in [0, 0.05) is 18.4 Å². The van der Waals surface area contributed by atoms with E-state index < -0.39 is 12.1 Å². The number of nitrogens with one attached hydrogen (secondary N) is 2. The first-order valence-corrected chi connectivity index (χ1v) is 16.3. The van der Waals surface area contributed by atoms with Gasteiger partial charge in [-0.1, -0.05) is 65.5 Å². The Hall–Kier alpha value is -1.60. The molecule has 7 nitrogen and oxygen atoms in total. The molecular weight excluding hydrogens is 500 g/mol. The van der Waals surface area contributed by atoms with Crippen molar-refractivity contribution in [1.29, 1.82) is 5.41 Å². The van der Waals surface area contributed by atoms with E-state index in [1.807, 2.05) is 0 Å². The lowest BCUT2D eigenvalue weighted by molar-refractivity contribution is -0.170. The zero-order valence-electron chi connectivity index (χ0n) is 25.9. The summed E-state index contributed by atoms with van der Waals surface area (Å²) in [5, 5.41) is 20.8. The Morgan fingerprint density at radius 2 is 1.90 bits per heavy atom. The summed E-state index contributed by atoms with van der Waals surface area (Å²) >= 11 is 0. The SMILES string of the molecule is CC(C)CCC[C@@H](C)[C@H]1CC[C@H]2[C@@H]3CC=C4C[C@@H](O)CC(OC(=O)[C@@H](N)CCCNC(=N)N)[C@]4(C)[C@H]3CC[C@]12C. The highest BCUT2D eigenvalue weighted by molar-refractivity contribution is 5.76. The minimum absolute atomic E-state index is 0.0795.